The Bertz CT molecular complexity index is 1890. The highest BCUT2D eigenvalue weighted by atomic mass is 16.4. The summed E-state index contributed by atoms with van der Waals surface area (Å²) < 4.78 is 12.3. The number of fused-ring (bicyclic) bond motifs is 3. The number of hydrogen-bond acceptors (Lipinski definition) is 4. The second kappa shape index (κ2) is 10.3. The smallest absolute Gasteiger partial charge is 0.265 e. The zero-order valence-corrected chi connectivity index (χ0v) is 25.9. The predicted octanol–water partition coefficient (Wildman–Crippen LogP) is 11.0. The van der Waals surface area contributed by atoms with Crippen molar-refractivity contribution in [2.45, 2.75) is 73.1 Å². The summed E-state index contributed by atoms with van der Waals surface area (Å²) in [5.41, 5.74) is 11.3. The number of anilines is 3. The normalized spacial score (nSPS) is 12.5. The summed E-state index contributed by atoms with van der Waals surface area (Å²) in [6, 6.07) is 21.2. The molecule has 0 radical (unpaired) electrons. The van der Waals surface area contributed by atoms with E-state index in [1.165, 1.54) is 33.9 Å². The van der Waals surface area contributed by atoms with Gasteiger partial charge in [0, 0.05) is 29.2 Å². The average molecular weight is 556 g/mol. The molecule has 5 nitrogen and oxygen atoms in total. The van der Waals surface area contributed by atoms with Gasteiger partial charge < -0.3 is 13.7 Å². The van der Waals surface area contributed by atoms with Gasteiger partial charge in [0.1, 0.15) is 11.3 Å². The first-order chi connectivity index (χ1) is 19.7. The minimum atomic E-state index is -0.0376. The van der Waals surface area contributed by atoms with Crippen molar-refractivity contribution in [1.82, 2.24) is 0 Å². The van der Waals surface area contributed by atoms with E-state index in [0.29, 0.717) is 22.5 Å². The molecule has 0 spiro atoms. The third-order valence-electron chi connectivity index (χ3n) is 8.00. The summed E-state index contributed by atoms with van der Waals surface area (Å²) in [5, 5.41) is 9.96. The monoisotopic (exact) mass is 555 g/mol. The fourth-order valence-corrected chi connectivity index (χ4v) is 5.19. The quantitative estimate of drug-likeness (QED) is 0.163. The summed E-state index contributed by atoms with van der Waals surface area (Å²) >= 11 is 0. The van der Waals surface area contributed by atoms with Gasteiger partial charge in [0.15, 0.2) is 11.2 Å². The lowest BCUT2D eigenvalue weighted by atomic mass is 9.80. The van der Waals surface area contributed by atoms with Crippen LogP contribution in [-0.4, -0.2) is 0 Å². The third kappa shape index (κ3) is 5.31. The fraction of sp³-hybridized carbons (Fsp3) is 0.297. The maximum atomic E-state index is 9.13. The maximum absolute atomic E-state index is 9.13. The van der Waals surface area contributed by atoms with Gasteiger partial charge in [-0.3, -0.25) is 0 Å². The molecule has 0 unspecified atom stereocenters. The van der Waals surface area contributed by atoms with E-state index < -0.39 is 0 Å². The van der Waals surface area contributed by atoms with Gasteiger partial charge in [0.05, 0.1) is 18.0 Å². The number of benzene rings is 3. The third-order valence-corrected chi connectivity index (χ3v) is 8.00. The summed E-state index contributed by atoms with van der Waals surface area (Å²) in [6.45, 7) is 27.2. The number of rotatable bonds is 4. The Morgan fingerprint density at radius 2 is 1.38 bits per heavy atom. The van der Waals surface area contributed by atoms with Crippen molar-refractivity contribution >= 4 is 45.3 Å². The fourth-order valence-electron chi connectivity index (χ4n) is 5.19. The van der Waals surface area contributed by atoms with Crippen LogP contribution in [0.15, 0.2) is 69.1 Å². The molecular formula is C37H37N3O2. The maximum Gasteiger partial charge on any atom is 0.265 e. The average Bonchev–Trinajstić information content (AvgIpc) is 3.46. The Morgan fingerprint density at radius 3 is 1.93 bits per heavy atom. The van der Waals surface area contributed by atoms with Crippen LogP contribution < -0.4 is 4.90 Å². The highest BCUT2D eigenvalue weighted by Gasteiger charge is 2.24. The molecule has 0 aliphatic carbocycles. The van der Waals surface area contributed by atoms with Crippen LogP contribution in [0.3, 0.4) is 0 Å². The summed E-state index contributed by atoms with van der Waals surface area (Å²) in [6.07, 6.45) is 1.43. The topological polar surface area (TPSA) is 57.7 Å². The molecule has 0 saturated heterocycles. The van der Waals surface area contributed by atoms with Crippen molar-refractivity contribution in [1.29, 1.82) is 5.26 Å². The molecule has 5 rings (SSSR count). The van der Waals surface area contributed by atoms with E-state index in [9.17, 15) is 0 Å². The molecule has 0 aliphatic rings. The molecule has 3 aromatic carbocycles. The lowest BCUT2D eigenvalue weighted by Gasteiger charge is -2.31. The zero-order valence-electron chi connectivity index (χ0n) is 25.9. The Labute approximate surface area is 248 Å². The van der Waals surface area contributed by atoms with Crippen LogP contribution in [0.2, 0.25) is 0 Å². The van der Waals surface area contributed by atoms with E-state index >= 15 is 0 Å². The molecule has 5 aromatic rings. The second-order valence-corrected chi connectivity index (χ2v) is 13.2. The van der Waals surface area contributed by atoms with Gasteiger partial charge in [-0.1, -0.05) is 47.6 Å². The molecule has 0 amide bonds. The van der Waals surface area contributed by atoms with Gasteiger partial charge in [-0.15, -0.1) is 0 Å². The number of nitrogens with zero attached hydrogens (tertiary/aromatic N) is 3. The van der Waals surface area contributed by atoms with E-state index in [0.717, 1.165) is 22.4 Å². The highest BCUT2D eigenvalue weighted by molar-refractivity contribution is 6.03. The Kier molecular flexibility index (Phi) is 7.04. The van der Waals surface area contributed by atoms with Gasteiger partial charge >= 0.3 is 0 Å². The summed E-state index contributed by atoms with van der Waals surface area (Å²) in [4.78, 5) is 5.54. The minimum Gasteiger partial charge on any atom is -0.454 e. The van der Waals surface area contributed by atoms with E-state index in [1.54, 1.807) is 6.07 Å². The Balaban J connectivity index is 1.74. The van der Waals surface area contributed by atoms with Crippen LogP contribution in [0, 0.1) is 38.7 Å². The van der Waals surface area contributed by atoms with Gasteiger partial charge in [0.25, 0.3) is 5.70 Å². The minimum absolute atomic E-state index is 0.0267. The van der Waals surface area contributed by atoms with E-state index in [-0.39, 0.29) is 16.5 Å². The Hall–Kier alpha value is -4.74. The van der Waals surface area contributed by atoms with Crippen LogP contribution in [0.1, 0.15) is 75.1 Å². The SMILES string of the molecule is [C-]#[N+]/C(C#N)=C\c1cc2oc3cc(N(c4cc(C(C)(C)C)cc(C(C)(C)C)c4)c4cc(C)c(C)c(C)c4)ccc3c2o1. The first-order valence-corrected chi connectivity index (χ1v) is 14.2. The van der Waals surface area contributed by atoms with Crippen molar-refractivity contribution in [2.24, 2.45) is 0 Å². The highest BCUT2D eigenvalue weighted by Crippen LogP contribution is 2.43. The molecule has 2 aromatic heterocycles. The van der Waals surface area contributed by atoms with E-state index in [4.69, 9.17) is 20.7 Å². The largest absolute Gasteiger partial charge is 0.454 e. The van der Waals surface area contributed by atoms with Crippen molar-refractivity contribution in [3.05, 3.63) is 105 Å². The van der Waals surface area contributed by atoms with E-state index in [2.05, 4.69) is 115 Å². The summed E-state index contributed by atoms with van der Waals surface area (Å²) in [5.74, 6) is 0.420. The number of aryl methyl sites for hydroxylation is 2. The molecule has 0 atom stereocenters. The standard InChI is InChI=1S/C37H37N3O2/c1-22-13-29(14-23(2)24(22)3)40(30-16-25(36(4,5)6)15-26(17-30)37(7,8)9)28-11-12-32-33(19-28)42-34-20-31(41-35(32)34)18-27(21-38)39-10/h11-20H,1-9H3/b27-18-. The van der Waals surface area contributed by atoms with Crippen LogP contribution in [0.4, 0.5) is 17.1 Å². The molecule has 0 fully saturated rings. The zero-order chi connectivity index (χ0) is 30.6. The molecule has 42 heavy (non-hydrogen) atoms. The number of nitriles is 1. The van der Waals surface area contributed by atoms with Gasteiger partial charge in [-0.2, -0.15) is 0 Å². The molecule has 5 heteroatoms. The lowest BCUT2D eigenvalue weighted by molar-refractivity contribution is 0.569. The Morgan fingerprint density at radius 1 is 0.786 bits per heavy atom. The molecule has 212 valence electrons. The van der Waals surface area contributed by atoms with Gasteiger partial charge in [0.2, 0.25) is 0 Å². The van der Waals surface area contributed by atoms with Crippen LogP contribution in [-0.2, 0) is 10.8 Å². The second-order valence-electron chi connectivity index (χ2n) is 13.2. The summed E-state index contributed by atoms with van der Waals surface area (Å²) in [7, 11) is 0. The van der Waals surface area contributed by atoms with Crippen molar-refractivity contribution in [3.63, 3.8) is 0 Å². The first kappa shape index (κ1) is 28.8. The van der Waals surface area contributed by atoms with Crippen molar-refractivity contribution in [2.75, 3.05) is 4.90 Å². The number of allylic oxidation sites excluding steroid dienone is 1. The van der Waals surface area contributed by atoms with Crippen LogP contribution >= 0.6 is 0 Å². The van der Waals surface area contributed by atoms with Crippen molar-refractivity contribution in [3.8, 4) is 6.07 Å². The molecule has 0 N–H and O–H groups in total. The number of furan rings is 2. The van der Waals surface area contributed by atoms with Crippen molar-refractivity contribution < 1.29 is 8.83 Å². The molecule has 0 saturated carbocycles. The molecule has 0 bridgehead atoms. The van der Waals surface area contributed by atoms with Crippen LogP contribution in [0.25, 0.3) is 33.1 Å². The first-order valence-electron chi connectivity index (χ1n) is 14.2. The van der Waals surface area contributed by atoms with E-state index in [1.807, 2.05) is 12.1 Å². The molecule has 2 heterocycles. The lowest BCUT2D eigenvalue weighted by Crippen LogP contribution is -2.19. The molecule has 0 aliphatic heterocycles. The van der Waals surface area contributed by atoms with Gasteiger partial charge in [-0.25, -0.2) is 10.1 Å². The van der Waals surface area contributed by atoms with Gasteiger partial charge in [-0.05, 0) is 102 Å². The predicted molar refractivity (Wildman–Crippen MR) is 172 cm³/mol. The number of hydrogen-bond donors (Lipinski definition) is 0. The molecular weight excluding hydrogens is 518 g/mol. The van der Waals surface area contributed by atoms with Crippen LogP contribution in [0.5, 0.6) is 0 Å².